The van der Waals surface area contributed by atoms with Crippen molar-refractivity contribution in [1.82, 2.24) is 4.98 Å². The van der Waals surface area contributed by atoms with Gasteiger partial charge in [0.25, 0.3) is 0 Å². The Morgan fingerprint density at radius 1 is 1.18 bits per heavy atom. The van der Waals surface area contributed by atoms with Crippen molar-refractivity contribution in [2.45, 2.75) is 26.3 Å². The van der Waals surface area contributed by atoms with Gasteiger partial charge >= 0.3 is 0 Å². The van der Waals surface area contributed by atoms with Gasteiger partial charge in [0.05, 0.1) is 0 Å². The SMILES string of the molecule is Cc1ccc(C(=O)CCc2nc3cc(CN)ccc3o2)cc1. The average Bonchev–Trinajstić information content (AvgIpc) is 2.95. The van der Waals surface area contributed by atoms with E-state index < -0.39 is 0 Å². The second-order valence-corrected chi connectivity index (χ2v) is 5.40. The van der Waals surface area contributed by atoms with Gasteiger partial charge in [-0.15, -0.1) is 0 Å². The molecule has 112 valence electrons. The maximum Gasteiger partial charge on any atom is 0.195 e. The van der Waals surface area contributed by atoms with Gasteiger partial charge in [-0.1, -0.05) is 35.9 Å². The standard InChI is InChI=1S/C18H18N2O2/c1-12-2-5-14(6-3-12)16(21)7-9-18-20-15-10-13(11-19)4-8-17(15)22-18/h2-6,8,10H,7,9,11,19H2,1H3. The highest BCUT2D eigenvalue weighted by atomic mass is 16.3. The lowest BCUT2D eigenvalue weighted by atomic mass is 10.1. The third kappa shape index (κ3) is 3.07. The molecule has 2 aromatic carbocycles. The van der Waals surface area contributed by atoms with E-state index in [0.29, 0.717) is 25.3 Å². The van der Waals surface area contributed by atoms with Gasteiger partial charge in [0.1, 0.15) is 5.52 Å². The number of rotatable bonds is 5. The van der Waals surface area contributed by atoms with Crippen molar-refractivity contribution in [3.8, 4) is 0 Å². The van der Waals surface area contributed by atoms with Crippen LogP contribution in [0.3, 0.4) is 0 Å². The zero-order valence-corrected chi connectivity index (χ0v) is 12.5. The van der Waals surface area contributed by atoms with Gasteiger partial charge in [-0.25, -0.2) is 4.98 Å². The number of oxazole rings is 1. The van der Waals surface area contributed by atoms with Crippen LogP contribution in [-0.4, -0.2) is 10.8 Å². The van der Waals surface area contributed by atoms with Crippen molar-refractivity contribution in [2.75, 3.05) is 0 Å². The maximum atomic E-state index is 12.2. The van der Waals surface area contributed by atoms with Crippen LogP contribution in [0, 0.1) is 6.92 Å². The fourth-order valence-corrected chi connectivity index (χ4v) is 2.36. The largest absolute Gasteiger partial charge is 0.441 e. The minimum absolute atomic E-state index is 0.102. The van der Waals surface area contributed by atoms with Crippen LogP contribution in [0.25, 0.3) is 11.1 Å². The summed E-state index contributed by atoms with van der Waals surface area (Å²) in [6.45, 7) is 2.48. The highest BCUT2D eigenvalue weighted by molar-refractivity contribution is 5.96. The summed E-state index contributed by atoms with van der Waals surface area (Å²) in [4.78, 5) is 16.6. The minimum Gasteiger partial charge on any atom is -0.441 e. The number of aromatic nitrogens is 1. The molecule has 0 aliphatic carbocycles. The van der Waals surface area contributed by atoms with Gasteiger partial charge in [-0.2, -0.15) is 0 Å². The summed E-state index contributed by atoms with van der Waals surface area (Å²) in [7, 11) is 0. The molecule has 0 amide bonds. The fourth-order valence-electron chi connectivity index (χ4n) is 2.36. The molecule has 0 atom stereocenters. The Kier molecular flexibility index (Phi) is 4.02. The first-order chi connectivity index (χ1) is 10.7. The number of carbonyl (C=O) groups excluding carboxylic acids is 1. The molecule has 1 heterocycles. The highest BCUT2D eigenvalue weighted by Gasteiger charge is 2.10. The van der Waals surface area contributed by atoms with Crippen LogP contribution in [0.4, 0.5) is 0 Å². The van der Waals surface area contributed by atoms with Crippen molar-refractivity contribution < 1.29 is 9.21 Å². The first-order valence-corrected chi connectivity index (χ1v) is 7.34. The first kappa shape index (κ1) is 14.5. The number of Topliss-reactive ketones (excluding diaryl/α,β-unsaturated/α-hetero) is 1. The van der Waals surface area contributed by atoms with Gasteiger partial charge in [0.15, 0.2) is 17.3 Å². The number of benzene rings is 2. The molecule has 0 spiro atoms. The number of aryl methyl sites for hydroxylation is 2. The highest BCUT2D eigenvalue weighted by Crippen LogP contribution is 2.18. The van der Waals surface area contributed by atoms with E-state index >= 15 is 0 Å². The third-order valence-electron chi connectivity index (χ3n) is 3.67. The van der Waals surface area contributed by atoms with E-state index in [0.717, 1.165) is 27.8 Å². The predicted molar refractivity (Wildman–Crippen MR) is 85.7 cm³/mol. The van der Waals surface area contributed by atoms with Crippen LogP contribution in [0.1, 0.15) is 33.8 Å². The maximum absolute atomic E-state index is 12.2. The summed E-state index contributed by atoms with van der Waals surface area (Å²) in [6, 6.07) is 13.3. The average molecular weight is 294 g/mol. The minimum atomic E-state index is 0.102. The van der Waals surface area contributed by atoms with E-state index in [1.54, 1.807) is 0 Å². The second-order valence-electron chi connectivity index (χ2n) is 5.40. The lowest BCUT2D eigenvalue weighted by Gasteiger charge is -1.99. The molecule has 0 unspecified atom stereocenters. The topological polar surface area (TPSA) is 69.1 Å². The Labute approximate surface area is 129 Å². The number of carbonyl (C=O) groups is 1. The molecular weight excluding hydrogens is 276 g/mol. The number of nitrogens with two attached hydrogens (primary N) is 1. The van der Waals surface area contributed by atoms with E-state index in [1.165, 1.54) is 0 Å². The van der Waals surface area contributed by atoms with Gasteiger partial charge in [0, 0.05) is 24.9 Å². The molecule has 1 aromatic heterocycles. The number of hydrogen-bond donors (Lipinski definition) is 1. The zero-order chi connectivity index (χ0) is 15.5. The van der Waals surface area contributed by atoms with Crippen molar-refractivity contribution in [3.05, 3.63) is 65.0 Å². The Morgan fingerprint density at radius 2 is 1.95 bits per heavy atom. The quantitative estimate of drug-likeness (QED) is 0.732. The summed E-state index contributed by atoms with van der Waals surface area (Å²) >= 11 is 0. The van der Waals surface area contributed by atoms with Crippen LogP contribution in [-0.2, 0) is 13.0 Å². The van der Waals surface area contributed by atoms with Gasteiger partial charge in [-0.3, -0.25) is 4.79 Å². The van der Waals surface area contributed by atoms with Crippen molar-refractivity contribution in [2.24, 2.45) is 5.73 Å². The number of fused-ring (bicyclic) bond motifs is 1. The number of nitrogens with zero attached hydrogens (tertiary/aromatic N) is 1. The van der Waals surface area contributed by atoms with E-state index in [4.69, 9.17) is 10.2 Å². The summed E-state index contributed by atoms with van der Waals surface area (Å²) in [5, 5.41) is 0. The number of ketones is 1. The van der Waals surface area contributed by atoms with E-state index in [2.05, 4.69) is 4.98 Å². The molecule has 2 N–H and O–H groups in total. The fraction of sp³-hybridized carbons (Fsp3) is 0.222. The second kappa shape index (κ2) is 6.12. The smallest absolute Gasteiger partial charge is 0.195 e. The van der Waals surface area contributed by atoms with Crippen LogP contribution in [0.2, 0.25) is 0 Å². The summed E-state index contributed by atoms with van der Waals surface area (Å²) in [6.07, 6.45) is 0.888. The summed E-state index contributed by atoms with van der Waals surface area (Å²) in [5.74, 6) is 0.689. The molecule has 0 fully saturated rings. The molecule has 0 saturated carbocycles. The van der Waals surface area contributed by atoms with Crippen LogP contribution in [0.15, 0.2) is 46.9 Å². The van der Waals surface area contributed by atoms with Crippen LogP contribution in [0.5, 0.6) is 0 Å². The third-order valence-corrected chi connectivity index (χ3v) is 3.67. The Balaban J connectivity index is 1.70. The molecule has 0 aliphatic heterocycles. The van der Waals surface area contributed by atoms with Crippen molar-refractivity contribution >= 4 is 16.9 Å². The van der Waals surface area contributed by atoms with Crippen molar-refractivity contribution in [3.63, 3.8) is 0 Å². The van der Waals surface area contributed by atoms with E-state index in [-0.39, 0.29) is 5.78 Å². The Morgan fingerprint density at radius 3 is 2.68 bits per heavy atom. The van der Waals surface area contributed by atoms with Crippen molar-refractivity contribution in [1.29, 1.82) is 0 Å². The molecule has 3 aromatic rings. The molecule has 3 rings (SSSR count). The molecular formula is C18H18N2O2. The van der Waals surface area contributed by atoms with Gasteiger partial charge in [0.2, 0.25) is 0 Å². The molecule has 0 bridgehead atoms. The van der Waals surface area contributed by atoms with E-state index in [1.807, 2.05) is 49.4 Å². The normalized spacial score (nSPS) is 11.0. The lowest BCUT2D eigenvalue weighted by Crippen LogP contribution is -2.01. The molecule has 0 radical (unpaired) electrons. The molecule has 4 nitrogen and oxygen atoms in total. The van der Waals surface area contributed by atoms with E-state index in [9.17, 15) is 4.79 Å². The van der Waals surface area contributed by atoms with Gasteiger partial charge in [-0.05, 0) is 24.6 Å². The summed E-state index contributed by atoms with van der Waals surface area (Å²) in [5.41, 5.74) is 10.0. The molecule has 0 aliphatic rings. The Hall–Kier alpha value is -2.46. The lowest BCUT2D eigenvalue weighted by molar-refractivity contribution is 0.0980. The number of hydrogen-bond acceptors (Lipinski definition) is 4. The predicted octanol–water partition coefficient (Wildman–Crippen LogP) is 3.41. The zero-order valence-electron chi connectivity index (χ0n) is 12.5. The Bertz CT molecular complexity index is 804. The summed E-state index contributed by atoms with van der Waals surface area (Å²) < 4.78 is 5.67. The van der Waals surface area contributed by atoms with Gasteiger partial charge < -0.3 is 10.2 Å². The molecule has 0 saturated heterocycles. The molecule has 4 heteroatoms. The van der Waals surface area contributed by atoms with Crippen LogP contribution >= 0.6 is 0 Å². The van der Waals surface area contributed by atoms with Crippen LogP contribution < -0.4 is 5.73 Å². The molecule has 22 heavy (non-hydrogen) atoms. The monoisotopic (exact) mass is 294 g/mol. The first-order valence-electron chi connectivity index (χ1n) is 7.34.